The third-order valence-corrected chi connectivity index (χ3v) is 4.57. The van der Waals surface area contributed by atoms with E-state index in [0.717, 1.165) is 0 Å². The van der Waals surface area contributed by atoms with Crippen molar-refractivity contribution in [2.24, 2.45) is 0 Å². The largest absolute Gasteiger partial charge is 0.309 e. The average Bonchev–Trinajstić information content (AvgIpc) is 3.08. The first-order chi connectivity index (χ1) is 10.8. The van der Waals surface area contributed by atoms with Crippen molar-refractivity contribution in [3.05, 3.63) is 78.4 Å². The van der Waals surface area contributed by atoms with E-state index in [1.807, 2.05) is 0 Å². The lowest BCUT2D eigenvalue weighted by molar-refractivity contribution is 1.32. The van der Waals surface area contributed by atoms with Crippen LogP contribution >= 0.6 is 0 Å². The monoisotopic (exact) mass is 281 g/mol. The zero-order valence-corrected chi connectivity index (χ0v) is 12.4. The predicted molar refractivity (Wildman–Crippen MR) is 93.8 cm³/mol. The van der Waals surface area contributed by atoms with Crippen molar-refractivity contribution in [1.29, 1.82) is 0 Å². The van der Waals surface area contributed by atoms with Crippen molar-refractivity contribution in [2.75, 3.05) is 0 Å². The van der Waals surface area contributed by atoms with Crippen molar-refractivity contribution in [1.82, 2.24) is 4.40 Å². The maximum atomic E-state index is 2.40. The zero-order chi connectivity index (χ0) is 14.7. The Morgan fingerprint density at radius 1 is 0.636 bits per heavy atom. The molecule has 1 nitrogen and oxygen atoms in total. The molecule has 0 saturated heterocycles. The van der Waals surface area contributed by atoms with E-state index in [2.05, 4.69) is 84.1 Å². The third kappa shape index (κ3) is 1.43. The highest BCUT2D eigenvalue weighted by Crippen LogP contribution is 2.38. The van der Waals surface area contributed by atoms with E-state index in [-0.39, 0.29) is 0 Å². The number of hydrogen-bond donors (Lipinski definition) is 0. The lowest BCUT2D eigenvalue weighted by atomic mass is 10.0. The Bertz CT molecular complexity index is 1120. The molecule has 0 fully saturated rings. The van der Waals surface area contributed by atoms with Gasteiger partial charge in [0, 0.05) is 16.3 Å². The predicted octanol–water partition coefficient (Wildman–Crippen LogP) is 5.66. The third-order valence-electron chi connectivity index (χ3n) is 4.57. The minimum Gasteiger partial charge on any atom is -0.309 e. The quantitative estimate of drug-likeness (QED) is 0.373. The fraction of sp³-hybridized carbons (Fsp3) is 0.0476. The molecule has 0 N–H and O–H groups in total. The molecule has 0 unspecified atom stereocenters. The Hall–Kier alpha value is -2.80. The molecule has 0 spiro atoms. The Morgan fingerprint density at radius 3 is 1.95 bits per heavy atom. The standard InChI is InChI=1S/C21H15N/c1-14-11-19-16-9-5-6-10-17(16)21-13-18(20(12-14)22(19)21)15-7-3-2-4-8-15/h2-13H,1H3. The highest BCUT2D eigenvalue weighted by atomic mass is 14.9. The Labute approximate surface area is 128 Å². The van der Waals surface area contributed by atoms with Crippen LogP contribution in [0.1, 0.15) is 5.56 Å². The molecule has 0 aliphatic heterocycles. The van der Waals surface area contributed by atoms with E-state index in [0.29, 0.717) is 0 Å². The van der Waals surface area contributed by atoms with Crippen LogP contribution in [0.4, 0.5) is 0 Å². The summed E-state index contributed by atoms with van der Waals surface area (Å²) in [6, 6.07) is 26.3. The minimum atomic E-state index is 1.28. The second-order valence-electron chi connectivity index (χ2n) is 5.99. The minimum absolute atomic E-state index is 1.28. The summed E-state index contributed by atoms with van der Waals surface area (Å²) < 4.78 is 2.40. The Morgan fingerprint density at radius 2 is 1.23 bits per heavy atom. The molecule has 0 saturated carbocycles. The van der Waals surface area contributed by atoms with Crippen LogP contribution in [-0.2, 0) is 0 Å². The van der Waals surface area contributed by atoms with Gasteiger partial charge in [0.25, 0.3) is 0 Å². The van der Waals surface area contributed by atoms with Gasteiger partial charge < -0.3 is 4.40 Å². The molecule has 0 radical (unpaired) electrons. The van der Waals surface area contributed by atoms with E-state index in [1.54, 1.807) is 0 Å². The summed E-state index contributed by atoms with van der Waals surface area (Å²) in [5.74, 6) is 0. The first-order valence-corrected chi connectivity index (χ1v) is 7.64. The van der Waals surface area contributed by atoms with Crippen LogP contribution in [0, 0.1) is 6.92 Å². The van der Waals surface area contributed by atoms with Crippen LogP contribution in [0.25, 0.3) is 38.4 Å². The lowest BCUT2D eigenvalue weighted by Gasteiger charge is -2.04. The Balaban J connectivity index is 2.03. The van der Waals surface area contributed by atoms with E-state index in [1.165, 1.54) is 44.0 Å². The summed E-state index contributed by atoms with van der Waals surface area (Å²) in [6.45, 7) is 2.18. The van der Waals surface area contributed by atoms with E-state index < -0.39 is 0 Å². The van der Waals surface area contributed by atoms with Gasteiger partial charge in [-0.15, -0.1) is 0 Å². The normalized spacial score (nSPS) is 11.9. The fourth-order valence-electron chi connectivity index (χ4n) is 3.64. The van der Waals surface area contributed by atoms with Crippen LogP contribution in [0.3, 0.4) is 0 Å². The van der Waals surface area contributed by atoms with Gasteiger partial charge in [0.1, 0.15) is 0 Å². The van der Waals surface area contributed by atoms with E-state index in [4.69, 9.17) is 0 Å². The molecule has 0 amide bonds. The van der Waals surface area contributed by atoms with Crippen molar-refractivity contribution >= 4 is 27.3 Å². The van der Waals surface area contributed by atoms with Gasteiger partial charge in [0.15, 0.2) is 0 Å². The van der Waals surface area contributed by atoms with Crippen LogP contribution in [0.2, 0.25) is 0 Å². The molecule has 1 heteroatoms. The summed E-state index contributed by atoms with van der Waals surface area (Å²) in [5, 5.41) is 2.67. The van der Waals surface area contributed by atoms with Gasteiger partial charge in [-0.3, -0.25) is 0 Å². The van der Waals surface area contributed by atoms with Gasteiger partial charge in [0.2, 0.25) is 0 Å². The van der Waals surface area contributed by atoms with Crippen LogP contribution < -0.4 is 0 Å². The summed E-state index contributed by atoms with van der Waals surface area (Å²) in [4.78, 5) is 0. The molecule has 0 aliphatic rings. The molecule has 5 rings (SSSR count). The van der Waals surface area contributed by atoms with Gasteiger partial charge in [-0.1, -0.05) is 54.6 Å². The molecule has 3 aromatic heterocycles. The average molecular weight is 281 g/mol. The van der Waals surface area contributed by atoms with Crippen LogP contribution in [-0.4, -0.2) is 4.40 Å². The van der Waals surface area contributed by atoms with Crippen LogP contribution in [0.15, 0.2) is 72.8 Å². The number of benzene rings is 2. The molecular weight excluding hydrogens is 266 g/mol. The van der Waals surface area contributed by atoms with Crippen molar-refractivity contribution in [3.8, 4) is 11.1 Å². The molecule has 3 heterocycles. The van der Waals surface area contributed by atoms with Crippen molar-refractivity contribution < 1.29 is 0 Å². The SMILES string of the molecule is Cc1cc2c(-c3ccccc3)cc3c4ccccc4c(c1)n23. The zero-order valence-electron chi connectivity index (χ0n) is 12.4. The van der Waals surface area contributed by atoms with Gasteiger partial charge in [-0.05, 0) is 36.2 Å². The number of rotatable bonds is 1. The molecule has 0 atom stereocenters. The van der Waals surface area contributed by atoms with E-state index >= 15 is 0 Å². The van der Waals surface area contributed by atoms with E-state index in [9.17, 15) is 0 Å². The first-order valence-electron chi connectivity index (χ1n) is 7.64. The smallest absolute Gasteiger partial charge is 0.0548 e. The highest BCUT2D eigenvalue weighted by molar-refractivity contribution is 6.12. The molecule has 22 heavy (non-hydrogen) atoms. The molecular formula is C21H15N. The van der Waals surface area contributed by atoms with Crippen LogP contribution in [0.5, 0.6) is 0 Å². The number of fused-ring (bicyclic) bond motifs is 3. The van der Waals surface area contributed by atoms with Crippen molar-refractivity contribution in [2.45, 2.75) is 6.92 Å². The Kier molecular flexibility index (Phi) is 2.21. The summed E-state index contributed by atoms with van der Waals surface area (Å²) in [5.41, 5.74) is 7.81. The summed E-state index contributed by atoms with van der Waals surface area (Å²) >= 11 is 0. The van der Waals surface area contributed by atoms with Gasteiger partial charge in [-0.25, -0.2) is 0 Å². The number of aryl methyl sites for hydroxylation is 1. The second-order valence-corrected chi connectivity index (χ2v) is 5.99. The van der Waals surface area contributed by atoms with Gasteiger partial charge >= 0.3 is 0 Å². The first kappa shape index (κ1) is 11.8. The number of nitrogens with zero attached hydrogens (tertiary/aromatic N) is 1. The topological polar surface area (TPSA) is 4.41 Å². The molecule has 5 aromatic rings. The highest BCUT2D eigenvalue weighted by Gasteiger charge is 2.16. The van der Waals surface area contributed by atoms with Gasteiger partial charge in [0.05, 0.1) is 16.6 Å². The molecule has 2 aromatic carbocycles. The lowest BCUT2D eigenvalue weighted by Crippen LogP contribution is -1.85. The fourth-order valence-corrected chi connectivity index (χ4v) is 3.64. The van der Waals surface area contributed by atoms with Crippen molar-refractivity contribution in [3.63, 3.8) is 0 Å². The second kappa shape index (κ2) is 4.11. The number of hydrogen-bond acceptors (Lipinski definition) is 0. The molecule has 0 aliphatic carbocycles. The maximum absolute atomic E-state index is 2.40. The number of pyridine rings is 1. The number of aromatic nitrogens is 1. The maximum Gasteiger partial charge on any atom is 0.0548 e. The van der Waals surface area contributed by atoms with Gasteiger partial charge in [-0.2, -0.15) is 0 Å². The molecule has 104 valence electrons. The summed E-state index contributed by atoms with van der Waals surface area (Å²) in [6.07, 6.45) is 0. The summed E-state index contributed by atoms with van der Waals surface area (Å²) in [7, 11) is 0. The molecule has 0 bridgehead atoms.